The number of benzene rings is 1. The molecule has 0 spiro atoms. The molecule has 0 radical (unpaired) electrons. The number of methoxy groups -OCH3 is 1. The van der Waals surface area contributed by atoms with Crippen LogP contribution in [0.5, 0.6) is 11.5 Å². The van der Waals surface area contributed by atoms with E-state index in [0.29, 0.717) is 0 Å². The molecule has 1 atom stereocenters. The van der Waals surface area contributed by atoms with Gasteiger partial charge in [0, 0.05) is 12.0 Å². The van der Waals surface area contributed by atoms with E-state index in [2.05, 4.69) is 15.9 Å². The monoisotopic (exact) mass is 307 g/mol. The Morgan fingerprint density at radius 1 is 1.71 bits per heavy atom. The van der Waals surface area contributed by atoms with Crippen LogP contribution in [-0.2, 0) is 11.2 Å². The minimum Gasteiger partial charge on any atom is -0.505 e. The van der Waals surface area contributed by atoms with Crippen LogP contribution in [0, 0.1) is 5.82 Å². The molecule has 0 bridgehead atoms. The number of nitrogens with two attached hydrogens (primary N) is 1. The van der Waals surface area contributed by atoms with Gasteiger partial charge in [0.05, 0.1) is 11.6 Å². The van der Waals surface area contributed by atoms with Gasteiger partial charge in [-0.25, -0.2) is 0 Å². The highest BCUT2D eigenvalue weighted by Gasteiger charge is 2.21. The van der Waals surface area contributed by atoms with Gasteiger partial charge >= 0.3 is 5.97 Å². The van der Waals surface area contributed by atoms with Crippen molar-refractivity contribution < 1.29 is 24.1 Å². The average molecular weight is 308 g/mol. The predicted molar refractivity (Wildman–Crippen MR) is 61.6 cm³/mol. The number of aliphatic carboxylic acids is 1. The summed E-state index contributed by atoms with van der Waals surface area (Å²) in [5, 5.41) is 18.2. The maximum Gasteiger partial charge on any atom is 0.320 e. The van der Waals surface area contributed by atoms with Crippen LogP contribution in [0.2, 0.25) is 0 Å². The third-order valence-electron chi connectivity index (χ3n) is 2.19. The number of phenols is 1. The first-order valence-corrected chi connectivity index (χ1v) is 5.40. The van der Waals surface area contributed by atoms with Gasteiger partial charge in [0.15, 0.2) is 11.5 Å². The number of carboxylic acids is 1. The number of phenolic OH excluding ortho intramolecular Hbond substituents is 1. The lowest BCUT2D eigenvalue weighted by molar-refractivity contribution is -0.138. The third-order valence-corrected chi connectivity index (χ3v) is 2.78. The van der Waals surface area contributed by atoms with E-state index >= 15 is 0 Å². The second-order valence-electron chi connectivity index (χ2n) is 3.36. The molecule has 1 rings (SSSR count). The normalized spacial score (nSPS) is 12.2. The van der Waals surface area contributed by atoms with Crippen LogP contribution in [0.3, 0.4) is 0 Å². The zero-order valence-electron chi connectivity index (χ0n) is 8.91. The lowest BCUT2D eigenvalue weighted by Crippen LogP contribution is -2.32. The van der Waals surface area contributed by atoms with Crippen molar-refractivity contribution in [1.29, 1.82) is 0 Å². The SMILES string of the molecule is COc1c(Br)cc(CC(N)C(=O)O)c(O)c1F. The first-order chi connectivity index (χ1) is 7.88. The Hall–Kier alpha value is -1.34. The van der Waals surface area contributed by atoms with E-state index in [1.54, 1.807) is 0 Å². The summed E-state index contributed by atoms with van der Waals surface area (Å²) in [6, 6.07) is 0.167. The highest BCUT2D eigenvalue weighted by Crippen LogP contribution is 2.36. The Kier molecular flexibility index (Phi) is 4.30. The molecule has 0 saturated carbocycles. The first kappa shape index (κ1) is 13.7. The van der Waals surface area contributed by atoms with Crippen molar-refractivity contribution in [2.24, 2.45) is 5.73 Å². The van der Waals surface area contributed by atoms with E-state index in [1.807, 2.05) is 0 Å². The topological polar surface area (TPSA) is 92.8 Å². The largest absolute Gasteiger partial charge is 0.505 e. The minimum absolute atomic E-state index is 0.102. The second-order valence-corrected chi connectivity index (χ2v) is 4.22. The summed E-state index contributed by atoms with van der Waals surface area (Å²) >= 11 is 3.05. The van der Waals surface area contributed by atoms with Gasteiger partial charge in [0.2, 0.25) is 5.82 Å². The fourth-order valence-electron chi connectivity index (χ4n) is 1.31. The Morgan fingerprint density at radius 3 is 2.76 bits per heavy atom. The summed E-state index contributed by atoms with van der Waals surface area (Å²) in [7, 11) is 1.26. The molecule has 17 heavy (non-hydrogen) atoms. The highest BCUT2D eigenvalue weighted by molar-refractivity contribution is 9.10. The summed E-state index contributed by atoms with van der Waals surface area (Å²) in [4.78, 5) is 10.6. The molecule has 1 aromatic carbocycles. The van der Waals surface area contributed by atoms with Crippen molar-refractivity contribution in [2.75, 3.05) is 7.11 Å². The van der Waals surface area contributed by atoms with Gasteiger partial charge in [0.25, 0.3) is 0 Å². The fraction of sp³-hybridized carbons (Fsp3) is 0.300. The maximum atomic E-state index is 13.6. The van der Waals surface area contributed by atoms with Gasteiger partial charge in [-0.1, -0.05) is 0 Å². The lowest BCUT2D eigenvalue weighted by atomic mass is 10.0. The van der Waals surface area contributed by atoms with Crippen molar-refractivity contribution in [3.05, 3.63) is 21.9 Å². The number of carbonyl (C=O) groups is 1. The van der Waals surface area contributed by atoms with E-state index in [1.165, 1.54) is 13.2 Å². The van der Waals surface area contributed by atoms with Crippen molar-refractivity contribution >= 4 is 21.9 Å². The molecule has 7 heteroatoms. The molecule has 0 aromatic heterocycles. The zero-order valence-corrected chi connectivity index (χ0v) is 10.5. The number of hydrogen-bond donors (Lipinski definition) is 3. The second kappa shape index (κ2) is 5.33. The van der Waals surface area contributed by atoms with Crippen LogP contribution in [0.4, 0.5) is 4.39 Å². The van der Waals surface area contributed by atoms with Gasteiger partial charge in [-0.15, -0.1) is 0 Å². The van der Waals surface area contributed by atoms with Crippen LogP contribution in [-0.4, -0.2) is 29.3 Å². The van der Waals surface area contributed by atoms with E-state index in [-0.39, 0.29) is 22.2 Å². The van der Waals surface area contributed by atoms with Crippen LogP contribution in [0.15, 0.2) is 10.5 Å². The van der Waals surface area contributed by atoms with E-state index < -0.39 is 23.6 Å². The Labute approximate surface area is 105 Å². The fourth-order valence-corrected chi connectivity index (χ4v) is 1.92. The number of rotatable bonds is 4. The summed E-state index contributed by atoms with van der Waals surface area (Å²) < 4.78 is 18.6. The molecule has 1 unspecified atom stereocenters. The molecule has 0 aliphatic carbocycles. The summed E-state index contributed by atoms with van der Waals surface area (Å²) in [5.74, 6) is -2.97. The van der Waals surface area contributed by atoms with Crippen LogP contribution in [0.1, 0.15) is 5.56 Å². The van der Waals surface area contributed by atoms with Gasteiger partial charge in [-0.3, -0.25) is 4.79 Å². The van der Waals surface area contributed by atoms with Crippen LogP contribution >= 0.6 is 15.9 Å². The average Bonchev–Trinajstić information content (AvgIpc) is 2.26. The molecule has 5 nitrogen and oxygen atoms in total. The lowest BCUT2D eigenvalue weighted by Gasteiger charge is -2.12. The van der Waals surface area contributed by atoms with E-state index in [9.17, 15) is 14.3 Å². The standard InChI is InChI=1S/C10H11BrFNO4/c1-17-9-5(11)2-4(8(14)7(9)12)3-6(13)10(15)16/h2,6,14H,3,13H2,1H3,(H,15,16). The van der Waals surface area contributed by atoms with Gasteiger partial charge in [0.1, 0.15) is 6.04 Å². The quantitative estimate of drug-likeness (QED) is 0.778. The van der Waals surface area contributed by atoms with Crippen LogP contribution < -0.4 is 10.5 Å². The molecule has 0 aliphatic heterocycles. The molecule has 0 fully saturated rings. The number of ether oxygens (including phenoxy) is 1. The van der Waals surface area contributed by atoms with Crippen molar-refractivity contribution in [2.45, 2.75) is 12.5 Å². The smallest absolute Gasteiger partial charge is 0.320 e. The molecule has 0 saturated heterocycles. The van der Waals surface area contributed by atoms with Crippen molar-refractivity contribution in [3.8, 4) is 11.5 Å². The molecule has 0 heterocycles. The number of hydrogen-bond acceptors (Lipinski definition) is 4. The molecular formula is C10H11BrFNO4. The molecule has 4 N–H and O–H groups in total. The maximum absolute atomic E-state index is 13.6. The van der Waals surface area contributed by atoms with E-state index in [4.69, 9.17) is 15.6 Å². The zero-order chi connectivity index (χ0) is 13.2. The number of carboxylic acid groups (broad SMARTS) is 1. The summed E-state index contributed by atoms with van der Waals surface area (Å²) in [6.45, 7) is 0. The first-order valence-electron chi connectivity index (χ1n) is 4.60. The highest BCUT2D eigenvalue weighted by atomic mass is 79.9. The van der Waals surface area contributed by atoms with E-state index in [0.717, 1.165) is 0 Å². The Morgan fingerprint density at radius 2 is 2.29 bits per heavy atom. The predicted octanol–water partition coefficient (Wildman–Crippen LogP) is 1.26. The molecule has 94 valence electrons. The molecule has 0 amide bonds. The summed E-state index contributed by atoms with van der Waals surface area (Å²) in [6.07, 6.45) is -0.180. The van der Waals surface area contributed by atoms with Crippen molar-refractivity contribution in [3.63, 3.8) is 0 Å². The van der Waals surface area contributed by atoms with Crippen molar-refractivity contribution in [1.82, 2.24) is 0 Å². The molecular weight excluding hydrogens is 297 g/mol. The Bertz CT molecular complexity index is 452. The minimum atomic E-state index is -1.23. The van der Waals surface area contributed by atoms with Gasteiger partial charge < -0.3 is 20.7 Å². The summed E-state index contributed by atoms with van der Waals surface area (Å²) in [5.41, 5.74) is 5.41. The molecule has 0 aliphatic rings. The third kappa shape index (κ3) is 2.86. The van der Waals surface area contributed by atoms with Crippen LogP contribution in [0.25, 0.3) is 0 Å². The number of aromatic hydroxyl groups is 1. The van der Waals surface area contributed by atoms with Gasteiger partial charge in [-0.2, -0.15) is 4.39 Å². The number of halogens is 2. The molecule has 1 aromatic rings. The van der Waals surface area contributed by atoms with Gasteiger partial charge in [-0.05, 0) is 22.0 Å². The Balaban J connectivity index is 3.15.